The molecule has 4 aromatic heterocycles. The minimum absolute atomic E-state index is 0.225. The van der Waals surface area contributed by atoms with Crippen molar-refractivity contribution in [3.8, 4) is 22.4 Å². The SMILES string of the molecule is Cc1cc2c(cc1-c1c(C)noc1C)[nH]c1nc(N)nc(-c3ccnc4ccccc34)c12. The van der Waals surface area contributed by atoms with Crippen molar-refractivity contribution >= 4 is 38.8 Å². The predicted molar refractivity (Wildman–Crippen MR) is 126 cm³/mol. The second kappa shape index (κ2) is 6.62. The van der Waals surface area contributed by atoms with E-state index in [-0.39, 0.29) is 5.95 Å². The van der Waals surface area contributed by atoms with Crippen LogP contribution in [0, 0.1) is 20.8 Å². The summed E-state index contributed by atoms with van der Waals surface area (Å²) >= 11 is 0. The van der Waals surface area contributed by atoms with E-state index in [4.69, 9.17) is 10.3 Å². The van der Waals surface area contributed by atoms with E-state index in [1.165, 1.54) is 0 Å². The van der Waals surface area contributed by atoms with Crippen LogP contribution < -0.4 is 5.73 Å². The molecule has 6 aromatic rings. The number of para-hydroxylation sites is 1. The lowest BCUT2D eigenvalue weighted by atomic mass is 9.96. The summed E-state index contributed by atoms with van der Waals surface area (Å²) in [5, 5.41) is 7.13. The molecule has 0 aliphatic heterocycles. The number of rotatable bonds is 2. The molecule has 0 fully saturated rings. The number of benzene rings is 2. The molecule has 0 amide bonds. The van der Waals surface area contributed by atoms with E-state index in [2.05, 4.69) is 50.2 Å². The van der Waals surface area contributed by atoms with E-state index >= 15 is 0 Å². The Bertz CT molecular complexity index is 1650. The van der Waals surface area contributed by atoms with Crippen LogP contribution in [0.15, 0.2) is 53.2 Å². The molecule has 7 heteroatoms. The van der Waals surface area contributed by atoms with Crippen LogP contribution in [0.3, 0.4) is 0 Å². The van der Waals surface area contributed by atoms with Crippen LogP contribution in [0.4, 0.5) is 5.95 Å². The third-order valence-corrected chi connectivity index (χ3v) is 6.02. The maximum atomic E-state index is 6.13. The topological polar surface area (TPSA) is 107 Å². The lowest BCUT2D eigenvalue weighted by Crippen LogP contribution is -1.98. The molecular formula is C25H20N6O. The van der Waals surface area contributed by atoms with Crippen molar-refractivity contribution in [1.29, 1.82) is 0 Å². The quantitative estimate of drug-likeness (QED) is 0.384. The molecule has 0 radical (unpaired) electrons. The highest BCUT2D eigenvalue weighted by molar-refractivity contribution is 6.15. The summed E-state index contributed by atoms with van der Waals surface area (Å²) in [7, 11) is 0. The molecule has 3 N–H and O–H groups in total. The zero-order valence-corrected chi connectivity index (χ0v) is 17.9. The molecule has 156 valence electrons. The highest BCUT2D eigenvalue weighted by Gasteiger charge is 2.20. The van der Waals surface area contributed by atoms with Gasteiger partial charge in [-0.15, -0.1) is 0 Å². The standard InChI is InChI=1S/C25H20N6O/c1-12-10-18-20(11-17(12)21-13(2)31-32-14(21)3)28-24-22(18)23(29-25(26)30-24)16-8-9-27-19-7-5-4-6-15(16)19/h4-11H,1-3H3,(H3,26,28,29,30). The molecule has 0 aliphatic carbocycles. The Hall–Kier alpha value is -4.26. The molecule has 0 saturated heterocycles. The Morgan fingerprint density at radius 1 is 0.938 bits per heavy atom. The van der Waals surface area contributed by atoms with Crippen molar-refractivity contribution in [1.82, 2.24) is 25.1 Å². The van der Waals surface area contributed by atoms with Gasteiger partial charge in [0.15, 0.2) is 0 Å². The molecular weight excluding hydrogens is 400 g/mol. The van der Waals surface area contributed by atoms with Gasteiger partial charge in [0.25, 0.3) is 0 Å². The number of nitrogens with zero attached hydrogens (tertiary/aromatic N) is 4. The summed E-state index contributed by atoms with van der Waals surface area (Å²) in [6, 6.07) is 14.3. The zero-order valence-electron chi connectivity index (χ0n) is 17.9. The average molecular weight is 420 g/mol. The highest BCUT2D eigenvalue weighted by Crippen LogP contribution is 2.39. The number of hydrogen-bond acceptors (Lipinski definition) is 6. The van der Waals surface area contributed by atoms with Gasteiger partial charge in [0.1, 0.15) is 11.4 Å². The van der Waals surface area contributed by atoms with Crippen LogP contribution in [-0.2, 0) is 0 Å². The summed E-state index contributed by atoms with van der Waals surface area (Å²) in [4.78, 5) is 17.1. The minimum Gasteiger partial charge on any atom is -0.368 e. The first-order valence-electron chi connectivity index (χ1n) is 10.4. The molecule has 32 heavy (non-hydrogen) atoms. The van der Waals surface area contributed by atoms with Gasteiger partial charge in [0.2, 0.25) is 5.95 Å². The van der Waals surface area contributed by atoms with Crippen molar-refractivity contribution in [2.24, 2.45) is 0 Å². The smallest absolute Gasteiger partial charge is 0.222 e. The number of H-pyrrole nitrogens is 1. The van der Waals surface area contributed by atoms with Crippen LogP contribution in [-0.4, -0.2) is 25.1 Å². The molecule has 0 bridgehead atoms. The van der Waals surface area contributed by atoms with Gasteiger partial charge in [-0.3, -0.25) is 4.98 Å². The first kappa shape index (κ1) is 18.5. The largest absolute Gasteiger partial charge is 0.368 e. The monoisotopic (exact) mass is 420 g/mol. The average Bonchev–Trinajstić information content (AvgIpc) is 3.30. The van der Waals surface area contributed by atoms with Crippen LogP contribution in [0.5, 0.6) is 0 Å². The third-order valence-electron chi connectivity index (χ3n) is 6.02. The Morgan fingerprint density at radius 3 is 2.59 bits per heavy atom. The van der Waals surface area contributed by atoms with Crippen molar-refractivity contribution in [2.45, 2.75) is 20.8 Å². The van der Waals surface area contributed by atoms with E-state index in [1.807, 2.05) is 38.1 Å². The summed E-state index contributed by atoms with van der Waals surface area (Å²) in [6.07, 6.45) is 1.80. The molecule has 7 nitrogen and oxygen atoms in total. The van der Waals surface area contributed by atoms with E-state index in [0.717, 1.165) is 66.6 Å². The van der Waals surface area contributed by atoms with Gasteiger partial charge in [-0.1, -0.05) is 23.4 Å². The number of aromatic amines is 1. The van der Waals surface area contributed by atoms with Crippen molar-refractivity contribution in [2.75, 3.05) is 5.73 Å². The summed E-state index contributed by atoms with van der Waals surface area (Å²) in [6.45, 7) is 5.99. The van der Waals surface area contributed by atoms with Gasteiger partial charge in [-0.05, 0) is 56.2 Å². The van der Waals surface area contributed by atoms with E-state index in [9.17, 15) is 0 Å². The van der Waals surface area contributed by atoms with Crippen LogP contribution in [0.25, 0.3) is 55.2 Å². The predicted octanol–water partition coefficient (Wildman–Crippen LogP) is 5.49. The minimum atomic E-state index is 0.225. The van der Waals surface area contributed by atoms with E-state index in [1.54, 1.807) is 6.20 Å². The fraction of sp³-hybridized carbons (Fsp3) is 0.120. The van der Waals surface area contributed by atoms with Crippen molar-refractivity contribution < 1.29 is 4.52 Å². The molecule has 6 rings (SSSR count). The molecule has 0 saturated carbocycles. The Balaban J connectivity index is 1.70. The first-order chi connectivity index (χ1) is 15.5. The van der Waals surface area contributed by atoms with E-state index < -0.39 is 0 Å². The van der Waals surface area contributed by atoms with Crippen LogP contribution in [0.2, 0.25) is 0 Å². The lowest BCUT2D eigenvalue weighted by Gasteiger charge is -2.09. The second-order valence-corrected chi connectivity index (χ2v) is 8.07. The molecule has 4 heterocycles. The van der Waals surface area contributed by atoms with Crippen molar-refractivity contribution in [3.63, 3.8) is 0 Å². The molecule has 0 atom stereocenters. The van der Waals surface area contributed by atoms with Gasteiger partial charge >= 0.3 is 0 Å². The Kier molecular flexibility index (Phi) is 3.83. The van der Waals surface area contributed by atoms with Gasteiger partial charge in [0, 0.05) is 33.6 Å². The number of nitrogens with two attached hydrogens (primary N) is 1. The van der Waals surface area contributed by atoms with Crippen LogP contribution >= 0.6 is 0 Å². The number of fused-ring (bicyclic) bond motifs is 4. The zero-order chi connectivity index (χ0) is 22.0. The highest BCUT2D eigenvalue weighted by atomic mass is 16.5. The van der Waals surface area contributed by atoms with Gasteiger partial charge in [0.05, 0.1) is 22.3 Å². The number of pyridine rings is 1. The number of nitrogen functional groups attached to an aromatic ring is 1. The number of anilines is 1. The third kappa shape index (κ3) is 2.61. The number of aryl methyl sites for hydroxylation is 3. The van der Waals surface area contributed by atoms with Gasteiger partial charge in [-0.2, -0.15) is 4.98 Å². The summed E-state index contributed by atoms with van der Waals surface area (Å²) in [5.74, 6) is 1.02. The van der Waals surface area contributed by atoms with Crippen LogP contribution in [0.1, 0.15) is 17.0 Å². The summed E-state index contributed by atoms with van der Waals surface area (Å²) < 4.78 is 5.40. The summed E-state index contributed by atoms with van der Waals surface area (Å²) in [5.41, 5.74) is 14.6. The number of aromatic nitrogens is 5. The number of nitrogens with one attached hydrogen (secondary N) is 1. The number of hydrogen-bond donors (Lipinski definition) is 2. The van der Waals surface area contributed by atoms with Gasteiger partial charge < -0.3 is 15.2 Å². The molecule has 2 aromatic carbocycles. The molecule has 0 unspecified atom stereocenters. The second-order valence-electron chi connectivity index (χ2n) is 8.07. The maximum Gasteiger partial charge on any atom is 0.222 e. The van der Waals surface area contributed by atoms with Crippen molar-refractivity contribution in [3.05, 3.63) is 65.7 Å². The van der Waals surface area contributed by atoms with Gasteiger partial charge in [-0.25, -0.2) is 4.98 Å². The first-order valence-corrected chi connectivity index (χ1v) is 10.4. The molecule has 0 aliphatic rings. The Morgan fingerprint density at radius 2 is 1.78 bits per heavy atom. The normalized spacial score (nSPS) is 11.7. The maximum absolute atomic E-state index is 6.13. The lowest BCUT2D eigenvalue weighted by molar-refractivity contribution is 0.393. The van der Waals surface area contributed by atoms with E-state index in [0.29, 0.717) is 5.65 Å². The Labute approximate surface area is 183 Å². The fourth-order valence-corrected chi connectivity index (χ4v) is 4.60. The fourth-order valence-electron chi connectivity index (χ4n) is 4.60. The molecule has 0 spiro atoms.